The standard InChI is InChI=1S/C23H26N4O2S/c1-14-11-18(15(2)26-30(29)23(3,4)5)20-19(12-14)22(28)27(6)21(25-20)17-9-7-16(13-24)8-10-17/h7-12,15,26H,1-6H3/t15-,30-/m1/s1. The van der Waals surface area contributed by atoms with E-state index >= 15 is 0 Å². The quantitative estimate of drug-likeness (QED) is 0.644. The maximum absolute atomic E-state index is 13.1. The van der Waals surface area contributed by atoms with Crippen LogP contribution in [0.25, 0.3) is 22.3 Å². The minimum absolute atomic E-state index is 0.145. The molecule has 6 nitrogen and oxygen atoms in total. The van der Waals surface area contributed by atoms with Crippen LogP contribution in [-0.4, -0.2) is 18.9 Å². The molecule has 156 valence electrons. The highest BCUT2D eigenvalue weighted by atomic mass is 32.2. The highest BCUT2D eigenvalue weighted by Gasteiger charge is 2.29. The summed E-state index contributed by atoms with van der Waals surface area (Å²) >= 11 is -1.26. The fraction of sp³-hybridized carbons (Fsp3) is 0.348. The van der Waals surface area contributed by atoms with Gasteiger partial charge in [-0.3, -0.25) is 9.36 Å². The first-order valence-electron chi connectivity index (χ1n) is 9.73. The molecule has 3 rings (SSSR count). The molecule has 1 N–H and O–H groups in total. The van der Waals surface area contributed by atoms with Crippen LogP contribution in [0, 0.1) is 18.3 Å². The van der Waals surface area contributed by atoms with E-state index < -0.39 is 16.1 Å². The van der Waals surface area contributed by atoms with Crippen LogP contribution < -0.4 is 10.3 Å². The average Bonchev–Trinajstić information content (AvgIpc) is 2.69. The van der Waals surface area contributed by atoms with E-state index in [9.17, 15) is 9.35 Å². The second-order valence-corrected chi connectivity index (χ2v) is 10.5. The topological polar surface area (TPSA) is 93.8 Å². The van der Waals surface area contributed by atoms with Crippen molar-refractivity contribution in [1.82, 2.24) is 14.3 Å². The molecule has 0 aliphatic rings. The summed E-state index contributed by atoms with van der Waals surface area (Å²) in [6.07, 6.45) is 0. The lowest BCUT2D eigenvalue weighted by atomic mass is 10.0. The Balaban J connectivity index is 2.20. The zero-order chi connectivity index (χ0) is 22.2. The smallest absolute Gasteiger partial charge is 0.261 e. The van der Waals surface area contributed by atoms with E-state index in [1.165, 1.54) is 4.57 Å². The summed E-state index contributed by atoms with van der Waals surface area (Å²) in [6, 6.07) is 12.6. The predicted molar refractivity (Wildman–Crippen MR) is 121 cm³/mol. The lowest BCUT2D eigenvalue weighted by Gasteiger charge is -2.27. The first-order valence-corrected chi connectivity index (χ1v) is 10.9. The average molecular weight is 423 g/mol. The van der Waals surface area contributed by atoms with Crippen LogP contribution in [0.5, 0.6) is 0 Å². The zero-order valence-electron chi connectivity index (χ0n) is 18.1. The van der Waals surface area contributed by atoms with Gasteiger partial charge in [-0.2, -0.15) is 5.26 Å². The number of aryl methyl sites for hydroxylation is 1. The maximum Gasteiger partial charge on any atom is 0.261 e. The van der Waals surface area contributed by atoms with E-state index in [2.05, 4.69) is 10.8 Å². The molecule has 7 heteroatoms. The molecule has 0 fully saturated rings. The SMILES string of the molecule is Cc1cc([C@@H](C)N[S@+]([O-])C(C)(C)C)c2nc(-c3ccc(C#N)cc3)n(C)c(=O)c2c1. The summed E-state index contributed by atoms with van der Waals surface area (Å²) < 4.78 is 16.9. The molecule has 0 aliphatic heterocycles. The summed E-state index contributed by atoms with van der Waals surface area (Å²) in [5, 5.41) is 9.57. The van der Waals surface area contributed by atoms with Gasteiger partial charge in [-0.15, -0.1) is 4.72 Å². The van der Waals surface area contributed by atoms with Gasteiger partial charge in [0.25, 0.3) is 5.56 Å². The fourth-order valence-electron chi connectivity index (χ4n) is 3.24. The van der Waals surface area contributed by atoms with Crippen LogP contribution >= 0.6 is 0 Å². The molecule has 1 heterocycles. The van der Waals surface area contributed by atoms with Gasteiger partial charge in [0.1, 0.15) is 10.6 Å². The number of fused-ring (bicyclic) bond motifs is 1. The van der Waals surface area contributed by atoms with Crippen molar-refractivity contribution in [1.29, 1.82) is 5.26 Å². The molecule has 0 saturated carbocycles. The number of benzene rings is 2. The number of aromatic nitrogens is 2. The Morgan fingerprint density at radius 1 is 1.23 bits per heavy atom. The molecule has 2 atom stereocenters. The van der Waals surface area contributed by atoms with E-state index in [1.807, 2.05) is 46.8 Å². The summed E-state index contributed by atoms with van der Waals surface area (Å²) in [6.45, 7) is 9.60. The van der Waals surface area contributed by atoms with Crippen LogP contribution in [0.1, 0.15) is 50.4 Å². The van der Waals surface area contributed by atoms with Gasteiger partial charge in [0.2, 0.25) is 0 Å². The number of nitrogens with zero attached hydrogens (tertiary/aromatic N) is 3. The number of nitriles is 1. The minimum atomic E-state index is -1.26. The maximum atomic E-state index is 13.1. The number of nitrogens with one attached hydrogen (secondary N) is 1. The van der Waals surface area contributed by atoms with Gasteiger partial charge in [-0.25, -0.2) is 4.98 Å². The van der Waals surface area contributed by atoms with Gasteiger partial charge in [0.05, 0.1) is 28.6 Å². The van der Waals surface area contributed by atoms with E-state index in [0.29, 0.717) is 22.3 Å². The molecule has 2 aromatic carbocycles. The third-order valence-corrected chi connectivity index (χ3v) is 6.61. The molecule has 0 aliphatic carbocycles. The Morgan fingerprint density at radius 2 is 1.87 bits per heavy atom. The molecule has 0 radical (unpaired) electrons. The van der Waals surface area contributed by atoms with Crippen molar-refractivity contribution < 1.29 is 4.55 Å². The molecule has 0 bridgehead atoms. The molecule has 3 aromatic rings. The highest BCUT2D eigenvalue weighted by Crippen LogP contribution is 2.27. The molecule has 1 aromatic heterocycles. The summed E-state index contributed by atoms with van der Waals surface area (Å²) in [4.78, 5) is 18.0. The molecule has 0 spiro atoms. The predicted octanol–water partition coefficient (Wildman–Crippen LogP) is 3.89. The Hall–Kier alpha value is -2.66. The Kier molecular flexibility index (Phi) is 6.04. The lowest BCUT2D eigenvalue weighted by molar-refractivity contribution is 0.531. The summed E-state index contributed by atoms with van der Waals surface area (Å²) in [5.74, 6) is 0.520. The molecule has 0 amide bonds. The Bertz CT molecular complexity index is 1190. The summed E-state index contributed by atoms with van der Waals surface area (Å²) in [7, 11) is 1.70. The van der Waals surface area contributed by atoms with Gasteiger partial charge >= 0.3 is 0 Å². The third-order valence-electron chi connectivity index (χ3n) is 4.93. The van der Waals surface area contributed by atoms with Crippen LogP contribution in [-0.2, 0) is 18.4 Å². The second-order valence-electron chi connectivity index (χ2n) is 8.46. The number of hydrogen-bond donors (Lipinski definition) is 1. The van der Waals surface area contributed by atoms with Crippen molar-refractivity contribution in [2.75, 3.05) is 0 Å². The Labute approximate surface area is 179 Å². The normalized spacial score (nSPS) is 13.8. The largest absolute Gasteiger partial charge is 0.598 e. The van der Waals surface area contributed by atoms with Gasteiger partial charge in [-0.1, -0.05) is 6.07 Å². The van der Waals surface area contributed by atoms with Crippen molar-refractivity contribution in [3.8, 4) is 17.5 Å². The first-order chi connectivity index (χ1) is 14.0. The molecular formula is C23H26N4O2S. The van der Waals surface area contributed by atoms with Gasteiger partial charge < -0.3 is 4.55 Å². The van der Waals surface area contributed by atoms with E-state index in [0.717, 1.165) is 16.7 Å². The van der Waals surface area contributed by atoms with Crippen LogP contribution in [0.3, 0.4) is 0 Å². The van der Waals surface area contributed by atoms with Crippen molar-refractivity contribution in [3.05, 3.63) is 63.4 Å². The van der Waals surface area contributed by atoms with Crippen LogP contribution in [0.4, 0.5) is 0 Å². The van der Waals surface area contributed by atoms with E-state index in [4.69, 9.17) is 10.2 Å². The van der Waals surface area contributed by atoms with Crippen molar-refractivity contribution in [2.45, 2.75) is 45.4 Å². The zero-order valence-corrected chi connectivity index (χ0v) is 18.9. The molecular weight excluding hydrogens is 396 g/mol. The van der Waals surface area contributed by atoms with Crippen molar-refractivity contribution in [3.63, 3.8) is 0 Å². The van der Waals surface area contributed by atoms with E-state index in [1.54, 1.807) is 31.3 Å². The highest BCUT2D eigenvalue weighted by molar-refractivity contribution is 7.90. The fourth-order valence-corrected chi connectivity index (χ4v) is 4.04. The van der Waals surface area contributed by atoms with Crippen molar-refractivity contribution in [2.24, 2.45) is 7.05 Å². The molecule has 0 saturated heterocycles. The van der Waals surface area contributed by atoms with Crippen LogP contribution in [0.2, 0.25) is 0 Å². The minimum Gasteiger partial charge on any atom is -0.598 e. The van der Waals surface area contributed by atoms with Crippen LogP contribution in [0.15, 0.2) is 41.2 Å². The van der Waals surface area contributed by atoms with Gasteiger partial charge in [0.15, 0.2) is 0 Å². The monoisotopic (exact) mass is 422 g/mol. The third kappa shape index (κ3) is 4.26. The second kappa shape index (κ2) is 8.23. The summed E-state index contributed by atoms with van der Waals surface area (Å²) in [5.41, 5.74) is 3.51. The van der Waals surface area contributed by atoms with Gasteiger partial charge in [-0.05, 0) is 70.5 Å². The first kappa shape index (κ1) is 22.0. The number of hydrogen-bond acceptors (Lipinski definition) is 5. The van der Waals surface area contributed by atoms with E-state index in [-0.39, 0.29) is 11.6 Å². The lowest BCUT2D eigenvalue weighted by Crippen LogP contribution is -2.40. The molecule has 30 heavy (non-hydrogen) atoms. The molecule has 0 unspecified atom stereocenters. The Morgan fingerprint density at radius 3 is 2.43 bits per heavy atom. The van der Waals surface area contributed by atoms with Crippen molar-refractivity contribution >= 4 is 22.3 Å². The number of rotatable bonds is 4. The van der Waals surface area contributed by atoms with Gasteiger partial charge in [0, 0.05) is 29.5 Å².